The van der Waals surface area contributed by atoms with E-state index in [4.69, 9.17) is 15.2 Å². The number of hydrogen-bond donors (Lipinski definition) is 1. The average molecular weight is 171 g/mol. The normalized spacial score (nSPS) is 33.2. The summed E-state index contributed by atoms with van der Waals surface area (Å²) in [6.45, 7) is 2.28. The van der Waals surface area contributed by atoms with E-state index in [1.165, 1.54) is 12.8 Å². The fraction of sp³-hybridized carbons (Fsp3) is 1.00. The number of nitrogens with two attached hydrogens (primary N) is 1. The van der Waals surface area contributed by atoms with Gasteiger partial charge in [0, 0.05) is 12.3 Å². The third kappa shape index (κ3) is 1.26. The van der Waals surface area contributed by atoms with Gasteiger partial charge in [-0.2, -0.15) is 0 Å². The lowest BCUT2D eigenvalue weighted by molar-refractivity contribution is -0.181. The summed E-state index contributed by atoms with van der Waals surface area (Å²) in [6.07, 6.45) is 4.56. The summed E-state index contributed by atoms with van der Waals surface area (Å²) in [5.74, 6) is 0.323. The predicted molar refractivity (Wildman–Crippen MR) is 45.6 cm³/mol. The van der Waals surface area contributed by atoms with Crippen LogP contribution >= 0.6 is 0 Å². The smallest absolute Gasteiger partial charge is 0.171 e. The first-order chi connectivity index (χ1) is 5.87. The van der Waals surface area contributed by atoms with E-state index < -0.39 is 0 Å². The van der Waals surface area contributed by atoms with Crippen LogP contribution in [-0.2, 0) is 9.47 Å². The Bertz CT molecular complexity index is 149. The van der Waals surface area contributed by atoms with E-state index in [0.717, 1.165) is 32.6 Å². The SMILES string of the molecule is NCCC1CCCC12OCCO2. The van der Waals surface area contributed by atoms with Gasteiger partial charge in [-0.25, -0.2) is 0 Å². The molecule has 3 nitrogen and oxygen atoms in total. The maximum absolute atomic E-state index is 5.69. The Balaban J connectivity index is 2.01. The Morgan fingerprint density at radius 1 is 1.33 bits per heavy atom. The van der Waals surface area contributed by atoms with Crippen molar-refractivity contribution in [3.05, 3.63) is 0 Å². The molecule has 3 heteroatoms. The lowest BCUT2D eigenvalue weighted by Gasteiger charge is -2.28. The summed E-state index contributed by atoms with van der Waals surface area (Å²) in [5, 5.41) is 0. The summed E-state index contributed by atoms with van der Waals surface area (Å²) < 4.78 is 11.4. The Morgan fingerprint density at radius 3 is 2.75 bits per heavy atom. The molecule has 0 aromatic heterocycles. The van der Waals surface area contributed by atoms with Crippen molar-refractivity contribution in [2.75, 3.05) is 19.8 Å². The van der Waals surface area contributed by atoms with E-state index in [2.05, 4.69) is 0 Å². The largest absolute Gasteiger partial charge is 0.347 e. The minimum absolute atomic E-state index is 0.223. The molecule has 2 aliphatic rings. The second kappa shape index (κ2) is 3.32. The first-order valence-electron chi connectivity index (χ1n) is 4.85. The molecule has 1 aliphatic heterocycles. The second-order valence-electron chi connectivity index (χ2n) is 3.68. The van der Waals surface area contributed by atoms with Crippen LogP contribution in [-0.4, -0.2) is 25.5 Å². The van der Waals surface area contributed by atoms with Gasteiger partial charge in [-0.05, 0) is 25.8 Å². The molecule has 1 spiro atoms. The molecule has 0 bridgehead atoms. The Morgan fingerprint density at radius 2 is 2.08 bits per heavy atom. The molecule has 70 valence electrons. The van der Waals surface area contributed by atoms with Gasteiger partial charge in [0.2, 0.25) is 0 Å². The highest BCUT2D eigenvalue weighted by molar-refractivity contribution is 4.88. The van der Waals surface area contributed by atoms with Crippen molar-refractivity contribution < 1.29 is 9.47 Å². The molecule has 0 aromatic carbocycles. The first-order valence-corrected chi connectivity index (χ1v) is 4.85. The van der Waals surface area contributed by atoms with Gasteiger partial charge >= 0.3 is 0 Å². The van der Waals surface area contributed by atoms with Crippen LogP contribution in [0, 0.1) is 5.92 Å². The molecule has 0 aromatic rings. The molecular weight excluding hydrogens is 154 g/mol. The van der Waals surface area contributed by atoms with Gasteiger partial charge in [-0.3, -0.25) is 0 Å². The second-order valence-corrected chi connectivity index (χ2v) is 3.68. The molecule has 12 heavy (non-hydrogen) atoms. The highest BCUT2D eigenvalue weighted by atomic mass is 16.7. The van der Waals surface area contributed by atoms with E-state index >= 15 is 0 Å². The van der Waals surface area contributed by atoms with Gasteiger partial charge in [-0.15, -0.1) is 0 Å². The van der Waals surface area contributed by atoms with Crippen LogP contribution in [0.1, 0.15) is 25.7 Å². The topological polar surface area (TPSA) is 44.5 Å². The summed E-state index contributed by atoms with van der Waals surface area (Å²) in [7, 11) is 0. The van der Waals surface area contributed by atoms with E-state index in [9.17, 15) is 0 Å². The molecule has 1 saturated heterocycles. The van der Waals surface area contributed by atoms with Gasteiger partial charge in [0.1, 0.15) is 0 Å². The van der Waals surface area contributed by atoms with E-state index in [1.54, 1.807) is 0 Å². The number of hydrogen-bond acceptors (Lipinski definition) is 3. The van der Waals surface area contributed by atoms with Gasteiger partial charge in [0.25, 0.3) is 0 Å². The van der Waals surface area contributed by atoms with Gasteiger partial charge in [0.15, 0.2) is 5.79 Å². The van der Waals surface area contributed by atoms with Crippen LogP contribution in [0.5, 0.6) is 0 Å². The zero-order valence-electron chi connectivity index (χ0n) is 7.42. The third-order valence-electron chi connectivity index (χ3n) is 2.99. The summed E-state index contributed by atoms with van der Waals surface area (Å²) >= 11 is 0. The van der Waals surface area contributed by atoms with Crippen molar-refractivity contribution in [1.29, 1.82) is 0 Å². The highest BCUT2D eigenvalue weighted by Crippen LogP contribution is 2.43. The molecule has 0 amide bonds. The van der Waals surface area contributed by atoms with Crippen LogP contribution in [0.25, 0.3) is 0 Å². The van der Waals surface area contributed by atoms with Gasteiger partial charge in [-0.1, -0.05) is 0 Å². The summed E-state index contributed by atoms with van der Waals surface area (Å²) in [4.78, 5) is 0. The third-order valence-corrected chi connectivity index (χ3v) is 2.99. The zero-order chi connectivity index (χ0) is 8.44. The van der Waals surface area contributed by atoms with Crippen LogP contribution in [0.2, 0.25) is 0 Å². The molecule has 1 unspecified atom stereocenters. The lowest BCUT2D eigenvalue weighted by Crippen LogP contribution is -2.35. The predicted octanol–water partition coefficient (Wildman–Crippen LogP) is 0.878. The Labute approximate surface area is 73.2 Å². The van der Waals surface area contributed by atoms with Crippen molar-refractivity contribution in [3.8, 4) is 0 Å². The maximum Gasteiger partial charge on any atom is 0.171 e. The molecule has 1 heterocycles. The van der Waals surface area contributed by atoms with Crippen LogP contribution in [0.15, 0.2) is 0 Å². The standard InChI is InChI=1S/C9H17NO2/c10-5-3-8-2-1-4-9(8)11-6-7-12-9/h8H,1-7,10H2. The minimum atomic E-state index is -0.223. The van der Waals surface area contributed by atoms with Crippen LogP contribution in [0.4, 0.5) is 0 Å². The molecule has 1 atom stereocenters. The molecule has 1 saturated carbocycles. The average Bonchev–Trinajstić information content (AvgIpc) is 2.66. The van der Waals surface area contributed by atoms with Gasteiger partial charge < -0.3 is 15.2 Å². The molecule has 0 radical (unpaired) electrons. The summed E-state index contributed by atoms with van der Waals surface area (Å²) in [5.41, 5.74) is 5.55. The van der Waals surface area contributed by atoms with Crippen molar-refractivity contribution >= 4 is 0 Å². The molecule has 1 aliphatic carbocycles. The fourth-order valence-electron chi connectivity index (χ4n) is 2.43. The molecule has 2 rings (SSSR count). The number of rotatable bonds is 2. The molecule has 2 N–H and O–H groups in total. The monoisotopic (exact) mass is 171 g/mol. The fourth-order valence-corrected chi connectivity index (χ4v) is 2.43. The van der Waals surface area contributed by atoms with Crippen LogP contribution < -0.4 is 5.73 Å². The van der Waals surface area contributed by atoms with E-state index in [-0.39, 0.29) is 5.79 Å². The van der Waals surface area contributed by atoms with Crippen molar-refractivity contribution in [1.82, 2.24) is 0 Å². The number of ether oxygens (including phenoxy) is 2. The zero-order valence-corrected chi connectivity index (χ0v) is 7.42. The lowest BCUT2D eigenvalue weighted by atomic mass is 9.98. The first kappa shape index (κ1) is 8.48. The Hall–Kier alpha value is -0.120. The molecule has 2 fully saturated rings. The highest BCUT2D eigenvalue weighted by Gasteiger charge is 2.47. The maximum atomic E-state index is 5.69. The summed E-state index contributed by atoms with van der Waals surface area (Å²) in [6, 6.07) is 0. The van der Waals surface area contributed by atoms with E-state index in [1.807, 2.05) is 0 Å². The minimum Gasteiger partial charge on any atom is -0.347 e. The van der Waals surface area contributed by atoms with Crippen molar-refractivity contribution in [2.45, 2.75) is 31.5 Å². The van der Waals surface area contributed by atoms with Crippen LogP contribution in [0.3, 0.4) is 0 Å². The quantitative estimate of drug-likeness (QED) is 0.670. The van der Waals surface area contributed by atoms with Crippen molar-refractivity contribution in [2.24, 2.45) is 11.7 Å². The molecular formula is C9H17NO2. The van der Waals surface area contributed by atoms with Gasteiger partial charge in [0.05, 0.1) is 13.2 Å². The van der Waals surface area contributed by atoms with E-state index in [0.29, 0.717) is 5.92 Å². The van der Waals surface area contributed by atoms with Crippen molar-refractivity contribution in [3.63, 3.8) is 0 Å². The Kier molecular flexibility index (Phi) is 2.35.